The summed E-state index contributed by atoms with van der Waals surface area (Å²) in [5, 5.41) is 18.2. The molecule has 3 heterocycles. The second-order valence-electron chi connectivity index (χ2n) is 7.46. The summed E-state index contributed by atoms with van der Waals surface area (Å²) < 4.78 is 19.4. The molecule has 2 fully saturated rings. The summed E-state index contributed by atoms with van der Waals surface area (Å²) in [4.78, 5) is 19.9. The highest BCUT2D eigenvalue weighted by atomic mass is 35.5. The number of aliphatic carboxylic acids is 1. The normalized spacial score (nSPS) is 28.1. The summed E-state index contributed by atoms with van der Waals surface area (Å²) in [5.74, 6) is -0.982. The average molecular weight is 444 g/mol. The van der Waals surface area contributed by atoms with Gasteiger partial charge in [0.05, 0.1) is 12.1 Å². The van der Waals surface area contributed by atoms with Gasteiger partial charge in [-0.25, -0.2) is 19.4 Å². The summed E-state index contributed by atoms with van der Waals surface area (Å²) in [5.41, 5.74) is 0.927. The van der Waals surface area contributed by atoms with Gasteiger partial charge >= 0.3 is 5.97 Å². The van der Waals surface area contributed by atoms with Crippen LogP contribution in [-0.2, 0) is 19.0 Å². The van der Waals surface area contributed by atoms with E-state index in [2.05, 4.69) is 27.2 Å². The highest BCUT2D eigenvalue weighted by Crippen LogP contribution is 2.45. The molecule has 2 aliphatic rings. The second-order valence-corrected chi connectivity index (χ2v) is 8.88. The van der Waals surface area contributed by atoms with E-state index in [-0.39, 0.29) is 17.3 Å². The van der Waals surface area contributed by atoms with Gasteiger partial charge in [0.15, 0.2) is 27.3 Å². The lowest BCUT2D eigenvalue weighted by Crippen LogP contribution is -2.32. The van der Waals surface area contributed by atoms with Crippen molar-refractivity contribution in [3.05, 3.63) is 5.15 Å². The van der Waals surface area contributed by atoms with Gasteiger partial charge in [-0.05, 0) is 20.3 Å². The van der Waals surface area contributed by atoms with E-state index in [0.717, 1.165) is 12.2 Å². The van der Waals surface area contributed by atoms with Crippen LogP contribution in [-0.4, -0.2) is 72.5 Å². The van der Waals surface area contributed by atoms with Crippen LogP contribution in [0.5, 0.6) is 0 Å². The first-order chi connectivity index (χ1) is 13.8. The first-order valence-corrected chi connectivity index (χ1v) is 10.8. The van der Waals surface area contributed by atoms with Crippen molar-refractivity contribution in [1.29, 1.82) is 0 Å². The van der Waals surface area contributed by atoms with Gasteiger partial charge in [-0.1, -0.05) is 35.5 Å². The number of ether oxygens (including phenoxy) is 3. The fourth-order valence-electron chi connectivity index (χ4n) is 3.75. The molecule has 0 aromatic carbocycles. The molecular weight excluding hydrogens is 422 g/mol. The van der Waals surface area contributed by atoms with Crippen LogP contribution < -0.4 is 0 Å². The molecule has 0 spiro atoms. The predicted octanol–water partition coefficient (Wildman–Crippen LogP) is 2.31. The molecule has 4 atom stereocenters. The molecule has 2 aromatic rings. The van der Waals surface area contributed by atoms with Crippen molar-refractivity contribution in [1.82, 2.24) is 25.0 Å². The minimum absolute atomic E-state index is 0.247. The molecule has 12 heteroatoms. The number of thioether (sulfide) groups is 1. The van der Waals surface area contributed by atoms with Gasteiger partial charge < -0.3 is 19.3 Å². The van der Waals surface area contributed by atoms with Crippen LogP contribution >= 0.6 is 23.4 Å². The lowest BCUT2D eigenvalue weighted by atomic mass is 10.2. The van der Waals surface area contributed by atoms with E-state index in [1.807, 2.05) is 13.8 Å². The fourth-order valence-corrected chi connectivity index (χ4v) is 4.69. The van der Waals surface area contributed by atoms with Crippen molar-refractivity contribution < 1.29 is 24.1 Å². The third-order valence-corrected chi connectivity index (χ3v) is 6.13. The third kappa shape index (κ3) is 4.06. The molecule has 10 nitrogen and oxygen atoms in total. The summed E-state index contributed by atoms with van der Waals surface area (Å²) in [7, 11) is 0. The van der Waals surface area contributed by atoms with Gasteiger partial charge in [-0.2, -0.15) is 0 Å². The third-order valence-electron chi connectivity index (χ3n) is 4.81. The minimum atomic E-state index is -1.04. The van der Waals surface area contributed by atoms with Gasteiger partial charge in [0, 0.05) is 12.2 Å². The first-order valence-electron chi connectivity index (χ1n) is 9.39. The van der Waals surface area contributed by atoms with E-state index in [0.29, 0.717) is 22.7 Å². The Balaban J connectivity index is 1.68. The Morgan fingerprint density at radius 1 is 1.38 bits per heavy atom. The maximum Gasteiger partial charge on any atom is 0.329 e. The highest BCUT2D eigenvalue weighted by molar-refractivity contribution is 7.99. The molecule has 2 aromatic heterocycles. The van der Waals surface area contributed by atoms with Crippen molar-refractivity contribution in [2.24, 2.45) is 0 Å². The quantitative estimate of drug-likeness (QED) is 0.387. The van der Waals surface area contributed by atoms with Crippen LogP contribution in [0.15, 0.2) is 5.16 Å². The molecule has 0 radical (unpaired) electrons. The van der Waals surface area contributed by atoms with E-state index >= 15 is 0 Å². The van der Waals surface area contributed by atoms with E-state index < -0.39 is 30.6 Å². The largest absolute Gasteiger partial charge is 0.480 e. The van der Waals surface area contributed by atoms with E-state index in [1.54, 1.807) is 4.68 Å². The molecule has 29 heavy (non-hydrogen) atoms. The SMILES string of the molecule is CCCSc1nc(Cl)c2nnn([C@@H]3CC(OCC(=O)O)[C@H]4OC(C)(C)O[C@H]43)c2n1. The average Bonchev–Trinajstić information content (AvgIpc) is 3.29. The zero-order valence-corrected chi connectivity index (χ0v) is 17.8. The number of rotatable bonds is 7. The molecule has 1 aliphatic carbocycles. The molecule has 158 valence electrons. The smallest absolute Gasteiger partial charge is 0.329 e. The van der Waals surface area contributed by atoms with Crippen molar-refractivity contribution in [3.63, 3.8) is 0 Å². The number of halogens is 1. The Morgan fingerprint density at radius 2 is 2.14 bits per heavy atom. The Labute approximate surface area is 176 Å². The zero-order chi connectivity index (χ0) is 20.8. The molecule has 1 N–H and O–H groups in total. The number of carbonyl (C=O) groups is 1. The fraction of sp³-hybridized carbons (Fsp3) is 0.706. The molecule has 1 saturated heterocycles. The number of nitrogens with zero attached hydrogens (tertiary/aromatic N) is 5. The highest BCUT2D eigenvalue weighted by Gasteiger charge is 2.56. The van der Waals surface area contributed by atoms with Crippen LogP contribution in [0.3, 0.4) is 0 Å². The topological polar surface area (TPSA) is 121 Å². The molecule has 1 unspecified atom stereocenters. The van der Waals surface area contributed by atoms with E-state index in [4.69, 9.17) is 30.9 Å². The van der Waals surface area contributed by atoms with Crippen molar-refractivity contribution in [3.8, 4) is 0 Å². The summed E-state index contributed by atoms with van der Waals surface area (Å²) >= 11 is 7.82. The van der Waals surface area contributed by atoms with E-state index in [1.165, 1.54) is 11.8 Å². The Morgan fingerprint density at radius 3 is 2.86 bits per heavy atom. The molecular formula is C17H22ClN5O5S. The van der Waals surface area contributed by atoms with Crippen molar-refractivity contribution >= 4 is 40.5 Å². The first kappa shape index (κ1) is 20.7. The molecule has 4 rings (SSSR count). The summed E-state index contributed by atoms with van der Waals surface area (Å²) in [6, 6.07) is -0.291. The second kappa shape index (κ2) is 7.95. The van der Waals surface area contributed by atoms with Gasteiger partial charge in [-0.3, -0.25) is 0 Å². The summed E-state index contributed by atoms with van der Waals surface area (Å²) in [6.45, 7) is 5.30. The molecule has 0 amide bonds. The van der Waals surface area contributed by atoms with E-state index in [9.17, 15) is 4.79 Å². The number of hydrogen-bond donors (Lipinski definition) is 1. The Kier molecular flexibility index (Phi) is 5.68. The van der Waals surface area contributed by atoms with Crippen LogP contribution in [0, 0.1) is 0 Å². The molecule has 0 bridgehead atoms. The maximum atomic E-state index is 11.0. The number of carboxylic acid groups (broad SMARTS) is 1. The minimum Gasteiger partial charge on any atom is -0.480 e. The molecule has 1 aliphatic heterocycles. The van der Waals surface area contributed by atoms with Gasteiger partial charge in [0.25, 0.3) is 0 Å². The monoisotopic (exact) mass is 443 g/mol. The maximum absolute atomic E-state index is 11.0. The van der Waals surface area contributed by atoms with Crippen molar-refractivity contribution in [2.75, 3.05) is 12.4 Å². The van der Waals surface area contributed by atoms with Crippen LogP contribution in [0.1, 0.15) is 39.7 Å². The van der Waals surface area contributed by atoms with Gasteiger partial charge in [-0.15, -0.1) is 5.10 Å². The molecule has 1 saturated carbocycles. The lowest BCUT2D eigenvalue weighted by Gasteiger charge is -2.23. The van der Waals surface area contributed by atoms with Crippen LogP contribution in [0.2, 0.25) is 5.15 Å². The van der Waals surface area contributed by atoms with Crippen LogP contribution in [0.4, 0.5) is 0 Å². The van der Waals surface area contributed by atoms with Gasteiger partial charge in [0.1, 0.15) is 18.8 Å². The van der Waals surface area contributed by atoms with Gasteiger partial charge in [0.2, 0.25) is 0 Å². The number of fused-ring (bicyclic) bond motifs is 2. The van der Waals surface area contributed by atoms with Crippen LogP contribution in [0.25, 0.3) is 11.2 Å². The Hall–Kier alpha value is -1.53. The van der Waals surface area contributed by atoms with Crippen molar-refractivity contribution in [2.45, 2.75) is 68.9 Å². The standard InChI is InChI=1S/C17H22ClN5O5S/c1-4-5-29-16-19-14(18)11-15(20-16)23(22-21-11)8-6-9(26-7-10(24)25)13-12(8)27-17(2,3)28-13/h8-9,12-13H,4-7H2,1-3H3,(H,24,25)/t8-,9?,12+,13-/m1/s1. The number of aromatic nitrogens is 5. The summed E-state index contributed by atoms with van der Waals surface area (Å²) in [6.07, 6.45) is 0.189. The lowest BCUT2D eigenvalue weighted by molar-refractivity contribution is -0.173. The predicted molar refractivity (Wildman–Crippen MR) is 104 cm³/mol. The number of hydrogen-bond acceptors (Lipinski definition) is 9. The Bertz CT molecular complexity index is 925. The zero-order valence-electron chi connectivity index (χ0n) is 16.2. The number of carboxylic acids is 1.